The van der Waals surface area contributed by atoms with E-state index >= 15 is 0 Å². The first kappa shape index (κ1) is 12.0. The Hall–Kier alpha value is -0.0800. The molecular weight excluding hydrogens is 208 g/mol. The van der Waals surface area contributed by atoms with E-state index in [0.717, 1.165) is 18.0 Å². The van der Waals surface area contributed by atoms with E-state index in [1.54, 1.807) is 0 Å². The number of likely N-dealkylation sites (tertiary alicyclic amines) is 1. The van der Waals surface area contributed by atoms with Gasteiger partial charge in [0.1, 0.15) is 0 Å². The minimum absolute atomic E-state index is 0.702. The molecule has 0 aromatic rings. The van der Waals surface area contributed by atoms with Crippen molar-refractivity contribution in [2.24, 2.45) is 11.1 Å². The average molecular weight is 236 g/mol. The van der Waals surface area contributed by atoms with Crippen LogP contribution in [0.5, 0.6) is 0 Å². The molecule has 0 aromatic heterocycles. The molecule has 2 N–H and O–H groups in total. The predicted octanol–water partition coefficient (Wildman–Crippen LogP) is 2.91. The van der Waals surface area contributed by atoms with Crippen LogP contribution in [-0.4, -0.2) is 30.1 Å². The maximum atomic E-state index is 5.99. The van der Waals surface area contributed by atoms with Crippen molar-refractivity contribution < 1.29 is 0 Å². The topological polar surface area (TPSA) is 29.3 Å². The molecule has 3 aliphatic rings. The van der Waals surface area contributed by atoms with Crippen molar-refractivity contribution in [3.8, 4) is 0 Å². The highest BCUT2D eigenvalue weighted by atomic mass is 15.2. The highest BCUT2D eigenvalue weighted by Crippen LogP contribution is 2.54. The predicted molar refractivity (Wildman–Crippen MR) is 71.9 cm³/mol. The van der Waals surface area contributed by atoms with Gasteiger partial charge in [-0.3, -0.25) is 4.90 Å². The highest BCUT2D eigenvalue weighted by molar-refractivity contribution is 5.04. The fourth-order valence-electron chi connectivity index (χ4n) is 4.72. The van der Waals surface area contributed by atoms with Crippen LogP contribution in [-0.2, 0) is 0 Å². The van der Waals surface area contributed by atoms with Crippen LogP contribution >= 0.6 is 0 Å². The molecule has 3 fully saturated rings. The SMILES string of the molecule is NCC1CCCCN1C1CCC12CCCCC2. The van der Waals surface area contributed by atoms with E-state index in [9.17, 15) is 0 Å². The summed E-state index contributed by atoms with van der Waals surface area (Å²) in [6, 6.07) is 1.60. The van der Waals surface area contributed by atoms with Crippen molar-refractivity contribution in [1.82, 2.24) is 4.90 Å². The maximum absolute atomic E-state index is 5.99. The molecule has 2 heteroatoms. The molecular formula is C15H28N2. The quantitative estimate of drug-likeness (QED) is 0.799. The van der Waals surface area contributed by atoms with Gasteiger partial charge >= 0.3 is 0 Å². The van der Waals surface area contributed by atoms with Gasteiger partial charge in [0.05, 0.1) is 0 Å². The second-order valence-electron chi connectivity index (χ2n) is 6.60. The Morgan fingerprint density at radius 3 is 2.41 bits per heavy atom. The fraction of sp³-hybridized carbons (Fsp3) is 1.00. The van der Waals surface area contributed by atoms with Gasteiger partial charge < -0.3 is 5.73 Å². The van der Waals surface area contributed by atoms with Crippen molar-refractivity contribution in [3.63, 3.8) is 0 Å². The van der Waals surface area contributed by atoms with Crippen molar-refractivity contribution in [1.29, 1.82) is 0 Å². The lowest BCUT2D eigenvalue weighted by molar-refractivity contribution is -0.0785. The Bertz CT molecular complexity index is 258. The van der Waals surface area contributed by atoms with Crippen LogP contribution in [0, 0.1) is 5.41 Å². The van der Waals surface area contributed by atoms with E-state index in [1.807, 2.05) is 0 Å². The summed E-state index contributed by atoms with van der Waals surface area (Å²) in [6.45, 7) is 2.21. The van der Waals surface area contributed by atoms with Crippen LogP contribution in [0.1, 0.15) is 64.2 Å². The molecule has 0 bridgehead atoms. The fourth-order valence-corrected chi connectivity index (χ4v) is 4.72. The van der Waals surface area contributed by atoms with Crippen molar-refractivity contribution in [2.75, 3.05) is 13.1 Å². The van der Waals surface area contributed by atoms with Crippen LogP contribution < -0.4 is 5.73 Å². The highest BCUT2D eigenvalue weighted by Gasteiger charge is 2.50. The van der Waals surface area contributed by atoms with E-state index in [-0.39, 0.29) is 0 Å². The molecule has 2 atom stereocenters. The van der Waals surface area contributed by atoms with E-state index in [4.69, 9.17) is 5.73 Å². The Kier molecular flexibility index (Phi) is 3.45. The summed E-state index contributed by atoms with van der Waals surface area (Å²) in [5.74, 6) is 0. The molecule has 2 nitrogen and oxygen atoms in total. The molecule has 98 valence electrons. The summed E-state index contributed by atoms with van der Waals surface area (Å²) in [7, 11) is 0. The molecule has 17 heavy (non-hydrogen) atoms. The molecule has 0 amide bonds. The standard InChI is InChI=1S/C15H28N2/c16-12-13-6-2-5-11-17(13)14-7-10-15(14)8-3-1-4-9-15/h13-14H,1-12,16H2. The third kappa shape index (κ3) is 2.04. The molecule has 2 aliphatic carbocycles. The lowest BCUT2D eigenvalue weighted by atomic mass is 9.56. The Balaban J connectivity index is 1.70. The molecule has 1 saturated heterocycles. The lowest BCUT2D eigenvalue weighted by Gasteiger charge is -2.59. The van der Waals surface area contributed by atoms with Gasteiger partial charge in [-0.15, -0.1) is 0 Å². The number of piperidine rings is 1. The van der Waals surface area contributed by atoms with Crippen LogP contribution in [0.3, 0.4) is 0 Å². The molecule has 2 saturated carbocycles. The largest absolute Gasteiger partial charge is 0.329 e. The van der Waals surface area contributed by atoms with Crippen LogP contribution in [0.4, 0.5) is 0 Å². The van der Waals surface area contributed by atoms with Crippen molar-refractivity contribution in [2.45, 2.75) is 76.3 Å². The minimum atomic E-state index is 0.702. The smallest absolute Gasteiger partial charge is 0.0221 e. The molecule has 1 aliphatic heterocycles. The van der Waals surface area contributed by atoms with Crippen molar-refractivity contribution >= 4 is 0 Å². The average Bonchev–Trinajstić information content (AvgIpc) is 2.39. The monoisotopic (exact) mass is 236 g/mol. The second-order valence-corrected chi connectivity index (χ2v) is 6.60. The van der Waals surface area contributed by atoms with E-state index in [0.29, 0.717) is 6.04 Å². The Labute approximate surface area is 106 Å². The Morgan fingerprint density at radius 1 is 0.941 bits per heavy atom. The summed E-state index contributed by atoms with van der Waals surface area (Å²) in [6.07, 6.45) is 14.6. The van der Waals surface area contributed by atoms with Crippen molar-refractivity contribution in [3.05, 3.63) is 0 Å². The number of rotatable bonds is 2. The number of hydrogen-bond acceptors (Lipinski definition) is 2. The first-order valence-corrected chi connectivity index (χ1v) is 7.81. The summed E-state index contributed by atoms with van der Waals surface area (Å²) in [5, 5.41) is 0. The van der Waals surface area contributed by atoms with Crippen LogP contribution in [0.2, 0.25) is 0 Å². The molecule has 1 heterocycles. The Morgan fingerprint density at radius 2 is 1.76 bits per heavy atom. The van der Waals surface area contributed by atoms with Gasteiger partial charge in [0.25, 0.3) is 0 Å². The first-order valence-electron chi connectivity index (χ1n) is 7.81. The van der Waals surface area contributed by atoms with Gasteiger partial charge in [0.2, 0.25) is 0 Å². The second kappa shape index (κ2) is 4.89. The lowest BCUT2D eigenvalue weighted by Crippen LogP contribution is -2.61. The first-order chi connectivity index (χ1) is 8.36. The van der Waals surface area contributed by atoms with E-state index in [1.165, 1.54) is 70.8 Å². The van der Waals surface area contributed by atoms with Gasteiger partial charge in [-0.1, -0.05) is 25.7 Å². The number of hydrogen-bond donors (Lipinski definition) is 1. The molecule has 1 spiro atoms. The van der Waals surface area contributed by atoms with Gasteiger partial charge in [-0.2, -0.15) is 0 Å². The van der Waals surface area contributed by atoms with Crippen LogP contribution in [0.15, 0.2) is 0 Å². The van der Waals surface area contributed by atoms with Gasteiger partial charge in [0.15, 0.2) is 0 Å². The van der Waals surface area contributed by atoms with Gasteiger partial charge in [-0.25, -0.2) is 0 Å². The minimum Gasteiger partial charge on any atom is -0.329 e. The zero-order valence-electron chi connectivity index (χ0n) is 11.2. The zero-order chi connectivity index (χ0) is 11.7. The third-order valence-electron chi connectivity index (χ3n) is 5.82. The molecule has 0 aromatic carbocycles. The molecule has 0 radical (unpaired) electrons. The zero-order valence-corrected chi connectivity index (χ0v) is 11.2. The normalized spacial score (nSPS) is 37.9. The van der Waals surface area contributed by atoms with Gasteiger partial charge in [0, 0.05) is 18.6 Å². The summed E-state index contributed by atoms with van der Waals surface area (Å²) >= 11 is 0. The maximum Gasteiger partial charge on any atom is 0.0221 e. The summed E-state index contributed by atoms with van der Waals surface area (Å²) in [5.41, 5.74) is 6.71. The third-order valence-corrected chi connectivity index (χ3v) is 5.82. The number of nitrogens with two attached hydrogens (primary N) is 1. The van der Waals surface area contributed by atoms with Gasteiger partial charge in [-0.05, 0) is 50.5 Å². The van der Waals surface area contributed by atoms with E-state index in [2.05, 4.69) is 4.90 Å². The summed E-state index contributed by atoms with van der Waals surface area (Å²) < 4.78 is 0. The number of nitrogens with zero attached hydrogens (tertiary/aromatic N) is 1. The van der Waals surface area contributed by atoms with Crippen LogP contribution in [0.25, 0.3) is 0 Å². The molecule has 3 rings (SSSR count). The summed E-state index contributed by atoms with van der Waals surface area (Å²) in [4.78, 5) is 2.82. The van der Waals surface area contributed by atoms with E-state index < -0.39 is 0 Å². The molecule has 2 unspecified atom stereocenters.